The van der Waals surface area contributed by atoms with E-state index in [0.717, 1.165) is 10.8 Å². The molecule has 2 N–H and O–H groups in total. The van der Waals surface area contributed by atoms with Crippen LogP contribution in [-0.4, -0.2) is 61.8 Å². The van der Waals surface area contributed by atoms with E-state index in [4.69, 9.17) is 4.74 Å². The monoisotopic (exact) mass is 470 g/mol. The number of ether oxygens (including phenoxy) is 1. The fraction of sp³-hybridized carbons (Fsp3) is 0.348. The van der Waals surface area contributed by atoms with Crippen LogP contribution in [0.1, 0.15) is 23.7 Å². The van der Waals surface area contributed by atoms with E-state index < -0.39 is 22.0 Å². The van der Waals surface area contributed by atoms with Crippen LogP contribution in [0.5, 0.6) is 0 Å². The Morgan fingerprint density at radius 2 is 1.91 bits per heavy atom. The SMILES string of the molecule is CCOC(=O)c1cnc(N2CC[C@@H](NS(=O)(=O)c3ccc4ccccc4c3)[C@@H](CO)C2)nc1. The van der Waals surface area contributed by atoms with Crippen molar-refractivity contribution in [1.82, 2.24) is 14.7 Å². The first-order chi connectivity index (χ1) is 15.9. The molecule has 0 aliphatic carbocycles. The van der Waals surface area contributed by atoms with Crippen molar-refractivity contribution in [2.24, 2.45) is 5.92 Å². The van der Waals surface area contributed by atoms with E-state index in [1.165, 1.54) is 12.4 Å². The summed E-state index contributed by atoms with van der Waals surface area (Å²) in [5, 5.41) is 11.8. The Labute approximate surface area is 192 Å². The van der Waals surface area contributed by atoms with Crippen molar-refractivity contribution in [1.29, 1.82) is 0 Å². The second-order valence-corrected chi connectivity index (χ2v) is 9.62. The average molecular weight is 471 g/mol. The molecular formula is C23H26N4O5S. The number of nitrogens with one attached hydrogen (secondary N) is 1. The van der Waals surface area contributed by atoms with Crippen molar-refractivity contribution in [3.05, 3.63) is 60.4 Å². The molecule has 174 valence electrons. The molecule has 3 aromatic rings. The highest BCUT2D eigenvalue weighted by Gasteiger charge is 2.33. The molecule has 2 atom stereocenters. The Morgan fingerprint density at radius 1 is 1.18 bits per heavy atom. The molecule has 1 saturated heterocycles. The number of sulfonamides is 1. The van der Waals surface area contributed by atoms with Gasteiger partial charge in [-0.05, 0) is 36.2 Å². The summed E-state index contributed by atoms with van der Waals surface area (Å²) in [5.41, 5.74) is 0.261. The third-order valence-corrected chi connectivity index (χ3v) is 7.23. The van der Waals surface area contributed by atoms with Gasteiger partial charge in [-0.1, -0.05) is 30.3 Å². The van der Waals surface area contributed by atoms with Crippen LogP contribution in [0.2, 0.25) is 0 Å². The highest BCUT2D eigenvalue weighted by atomic mass is 32.2. The molecule has 2 heterocycles. The number of anilines is 1. The molecular weight excluding hydrogens is 444 g/mol. The number of carbonyl (C=O) groups excluding carboxylic acids is 1. The van der Waals surface area contributed by atoms with Crippen molar-refractivity contribution in [2.75, 3.05) is 31.2 Å². The Bertz CT molecular complexity index is 1230. The number of fused-ring (bicyclic) bond motifs is 1. The zero-order valence-corrected chi connectivity index (χ0v) is 19.0. The molecule has 1 aromatic heterocycles. The maximum absolute atomic E-state index is 13.0. The second kappa shape index (κ2) is 9.82. The van der Waals surface area contributed by atoms with Crippen molar-refractivity contribution in [3.63, 3.8) is 0 Å². The molecule has 4 rings (SSSR count). The van der Waals surface area contributed by atoms with Crippen LogP contribution in [0.15, 0.2) is 59.8 Å². The predicted molar refractivity (Wildman–Crippen MR) is 123 cm³/mol. The number of aliphatic hydroxyl groups excluding tert-OH is 1. The van der Waals surface area contributed by atoms with Crippen LogP contribution in [-0.2, 0) is 14.8 Å². The molecule has 2 aromatic carbocycles. The summed E-state index contributed by atoms with van der Waals surface area (Å²) in [6.07, 6.45) is 3.28. The van der Waals surface area contributed by atoms with Gasteiger partial charge >= 0.3 is 5.97 Å². The third-order valence-electron chi connectivity index (χ3n) is 5.74. The lowest BCUT2D eigenvalue weighted by atomic mass is 9.94. The van der Waals surface area contributed by atoms with Crippen LogP contribution in [0, 0.1) is 5.92 Å². The van der Waals surface area contributed by atoms with Crippen LogP contribution < -0.4 is 9.62 Å². The van der Waals surface area contributed by atoms with Crippen LogP contribution in [0.25, 0.3) is 10.8 Å². The zero-order chi connectivity index (χ0) is 23.4. The van der Waals surface area contributed by atoms with Gasteiger partial charge in [0.2, 0.25) is 16.0 Å². The summed E-state index contributed by atoms with van der Waals surface area (Å²) in [7, 11) is -3.76. The number of benzene rings is 2. The summed E-state index contributed by atoms with van der Waals surface area (Å²) in [6, 6.07) is 12.2. The molecule has 10 heteroatoms. The van der Waals surface area contributed by atoms with Crippen molar-refractivity contribution in [3.8, 4) is 0 Å². The van der Waals surface area contributed by atoms with Crippen LogP contribution in [0.3, 0.4) is 0 Å². The van der Waals surface area contributed by atoms with Gasteiger partial charge < -0.3 is 14.7 Å². The normalized spacial score (nSPS) is 18.9. The molecule has 1 fully saturated rings. The Hall–Kier alpha value is -3.08. The van der Waals surface area contributed by atoms with E-state index in [2.05, 4.69) is 14.7 Å². The maximum atomic E-state index is 13.0. The fourth-order valence-corrected chi connectivity index (χ4v) is 5.33. The molecule has 0 unspecified atom stereocenters. The Morgan fingerprint density at radius 3 is 2.61 bits per heavy atom. The number of rotatable bonds is 7. The van der Waals surface area contributed by atoms with E-state index in [1.807, 2.05) is 29.2 Å². The molecule has 33 heavy (non-hydrogen) atoms. The van der Waals surface area contributed by atoms with Gasteiger partial charge in [0.15, 0.2) is 0 Å². The molecule has 1 aliphatic heterocycles. The summed E-state index contributed by atoms with van der Waals surface area (Å²) in [6.45, 7) is 2.67. The van der Waals surface area contributed by atoms with Gasteiger partial charge in [0.1, 0.15) is 0 Å². The number of esters is 1. The average Bonchev–Trinajstić information content (AvgIpc) is 2.84. The number of aliphatic hydroxyl groups is 1. The number of aromatic nitrogens is 2. The van der Waals surface area contributed by atoms with E-state index in [-0.39, 0.29) is 29.6 Å². The second-order valence-electron chi connectivity index (χ2n) is 7.91. The minimum Gasteiger partial charge on any atom is -0.462 e. The van der Waals surface area contributed by atoms with E-state index in [9.17, 15) is 18.3 Å². The first-order valence-electron chi connectivity index (χ1n) is 10.8. The summed E-state index contributed by atoms with van der Waals surface area (Å²) < 4.78 is 33.8. The number of hydrogen-bond acceptors (Lipinski definition) is 8. The molecule has 0 saturated carbocycles. The maximum Gasteiger partial charge on any atom is 0.341 e. The quantitative estimate of drug-likeness (QED) is 0.503. The lowest BCUT2D eigenvalue weighted by Gasteiger charge is -2.37. The fourth-order valence-electron chi connectivity index (χ4n) is 3.96. The Balaban J connectivity index is 1.45. The van der Waals surface area contributed by atoms with Crippen LogP contribution >= 0.6 is 0 Å². The molecule has 9 nitrogen and oxygen atoms in total. The van der Waals surface area contributed by atoms with E-state index >= 15 is 0 Å². The summed E-state index contributed by atoms with van der Waals surface area (Å²) in [5.74, 6) is -0.418. The van der Waals surface area contributed by atoms with Crippen molar-refractivity contribution < 1.29 is 23.1 Å². The van der Waals surface area contributed by atoms with Gasteiger partial charge in [-0.25, -0.2) is 27.9 Å². The molecule has 0 bridgehead atoms. The standard InChI is InChI=1S/C23H26N4O5S/c1-2-32-22(29)18-12-24-23(25-13-18)27-10-9-21(19(14-27)15-28)26-33(30,31)20-8-7-16-5-3-4-6-17(16)11-20/h3-8,11-13,19,21,26,28H,2,9-10,14-15H2,1H3/t19-,21-/m1/s1. The van der Waals surface area contributed by atoms with E-state index in [1.54, 1.807) is 25.1 Å². The van der Waals surface area contributed by atoms with Crippen molar-refractivity contribution >= 4 is 32.7 Å². The zero-order valence-electron chi connectivity index (χ0n) is 18.2. The molecule has 0 amide bonds. The minimum atomic E-state index is -3.76. The topological polar surface area (TPSA) is 122 Å². The molecule has 1 aliphatic rings. The van der Waals surface area contributed by atoms with Gasteiger partial charge in [-0.3, -0.25) is 0 Å². The van der Waals surface area contributed by atoms with Crippen LogP contribution in [0.4, 0.5) is 5.95 Å². The number of hydrogen-bond donors (Lipinski definition) is 2. The smallest absolute Gasteiger partial charge is 0.341 e. The summed E-state index contributed by atoms with van der Waals surface area (Å²) in [4.78, 5) is 22.3. The van der Waals surface area contributed by atoms with Crippen molar-refractivity contribution in [2.45, 2.75) is 24.3 Å². The molecule has 0 radical (unpaired) electrons. The number of carbonyl (C=O) groups is 1. The lowest BCUT2D eigenvalue weighted by molar-refractivity contribution is 0.0525. The highest BCUT2D eigenvalue weighted by Crippen LogP contribution is 2.24. The number of piperidine rings is 1. The van der Waals surface area contributed by atoms with Gasteiger partial charge in [-0.2, -0.15) is 0 Å². The van der Waals surface area contributed by atoms with Gasteiger partial charge in [0.05, 0.1) is 17.1 Å². The molecule has 0 spiro atoms. The number of nitrogens with zero attached hydrogens (tertiary/aromatic N) is 3. The van der Waals surface area contributed by atoms with Gasteiger partial charge in [0, 0.05) is 44.0 Å². The third kappa shape index (κ3) is 5.13. The first-order valence-corrected chi connectivity index (χ1v) is 12.3. The Kier molecular flexibility index (Phi) is 6.87. The highest BCUT2D eigenvalue weighted by molar-refractivity contribution is 7.89. The first kappa shape index (κ1) is 23.1. The summed E-state index contributed by atoms with van der Waals surface area (Å²) >= 11 is 0. The largest absolute Gasteiger partial charge is 0.462 e. The van der Waals surface area contributed by atoms with Gasteiger partial charge in [-0.15, -0.1) is 0 Å². The predicted octanol–water partition coefficient (Wildman–Crippen LogP) is 1.97. The lowest BCUT2D eigenvalue weighted by Crippen LogP contribution is -2.52. The minimum absolute atomic E-state index is 0.192. The van der Waals surface area contributed by atoms with Gasteiger partial charge in [0.25, 0.3) is 0 Å². The van der Waals surface area contributed by atoms with E-state index in [0.29, 0.717) is 25.5 Å².